The van der Waals surface area contributed by atoms with Crippen molar-refractivity contribution in [3.8, 4) is 17.2 Å². The van der Waals surface area contributed by atoms with Crippen molar-refractivity contribution in [2.75, 3.05) is 12.9 Å². The third-order valence-corrected chi connectivity index (χ3v) is 5.94. The first-order chi connectivity index (χ1) is 13.8. The molecule has 29 heavy (non-hydrogen) atoms. The molecular formula is C22H23NO5S. The minimum Gasteiger partial charge on any atom is -0.497 e. The first-order valence-electron chi connectivity index (χ1n) is 9.14. The molecule has 0 saturated heterocycles. The number of methoxy groups -OCH3 is 1. The van der Waals surface area contributed by atoms with Gasteiger partial charge in [0.25, 0.3) is 0 Å². The number of carbonyl (C=O) groups excluding carboxylic acids is 1. The number of oxazole rings is 1. The van der Waals surface area contributed by atoms with E-state index in [9.17, 15) is 13.2 Å². The van der Waals surface area contributed by atoms with E-state index >= 15 is 0 Å². The molecule has 0 bridgehead atoms. The SMILES string of the molecule is COc1cccc(CC(=O)CS(=O)(=O)Cc2nc(-c3ccc(C)cc3)oc2C)c1. The minimum absolute atomic E-state index is 0.0306. The van der Waals surface area contributed by atoms with Gasteiger partial charge in [0.15, 0.2) is 15.6 Å². The van der Waals surface area contributed by atoms with Crippen LogP contribution in [0.3, 0.4) is 0 Å². The summed E-state index contributed by atoms with van der Waals surface area (Å²) in [6.45, 7) is 3.65. The Morgan fingerprint density at radius 1 is 1.10 bits per heavy atom. The molecule has 0 radical (unpaired) electrons. The number of aryl methyl sites for hydroxylation is 2. The molecule has 152 valence electrons. The highest BCUT2D eigenvalue weighted by Crippen LogP contribution is 2.23. The van der Waals surface area contributed by atoms with Crippen molar-refractivity contribution in [3.05, 3.63) is 71.1 Å². The monoisotopic (exact) mass is 413 g/mol. The largest absolute Gasteiger partial charge is 0.497 e. The predicted octanol–water partition coefficient (Wildman–Crippen LogP) is 3.69. The first kappa shape index (κ1) is 20.8. The number of carbonyl (C=O) groups is 1. The smallest absolute Gasteiger partial charge is 0.226 e. The van der Waals surface area contributed by atoms with Gasteiger partial charge in [0, 0.05) is 12.0 Å². The molecule has 6 nitrogen and oxygen atoms in total. The quantitative estimate of drug-likeness (QED) is 0.560. The molecule has 1 aromatic heterocycles. The average molecular weight is 413 g/mol. The highest BCUT2D eigenvalue weighted by atomic mass is 32.2. The van der Waals surface area contributed by atoms with Gasteiger partial charge >= 0.3 is 0 Å². The number of hydrogen-bond acceptors (Lipinski definition) is 6. The highest BCUT2D eigenvalue weighted by molar-refractivity contribution is 7.91. The van der Waals surface area contributed by atoms with Crippen molar-refractivity contribution in [2.45, 2.75) is 26.0 Å². The van der Waals surface area contributed by atoms with E-state index in [2.05, 4.69) is 4.98 Å². The number of nitrogens with zero attached hydrogens (tertiary/aromatic N) is 1. The van der Waals surface area contributed by atoms with Crippen LogP contribution < -0.4 is 4.74 Å². The normalized spacial score (nSPS) is 11.4. The third-order valence-electron chi connectivity index (χ3n) is 4.46. The molecule has 7 heteroatoms. The molecule has 0 N–H and O–H groups in total. The van der Waals surface area contributed by atoms with Gasteiger partial charge in [-0.15, -0.1) is 0 Å². The Balaban J connectivity index is 1.69. The van der Waals surface area contributed by atoms with Crippen molar-refractivity contribution in [1.82, 2.24) is 4.98 Å². The van der Waals surface area contributed by atoms with Gasteiger partial charge < -0.3 is 9.15 Å². The molecule has 3 aromatic rings. The summed E-state index contributed by atoms with van der Waals surface area (Å²) in [4.78, 5) is 16.6. The Morgan fingerprint density at radius 3 is 2.52 bits per heavy atom. The maximum atomic E-state index is 12.5. The molecule has 0 atom stereocenters. The molecule has 0 aliphatic rings. The van der Waals surface area contributed by atoms with Gasteiger partial charge in [0.05, 0.1) is 18.6 Å². The number of benzene rings is 2. The second-order valence-corrected chi connectivity index (χ2v) is 9.05. The zero-order chi connectivity index (χ0) is 21.0. The Hall–Kier alpha value is -2.93. The van der Waals surface area contributed by atoms with Crippen LogP contribution in [0.4, 0.5) is 0 Å². The zero-order valence-electron chi connectivity index (χ0n) is 16.6. The summed E-state index contributed by atoms with van der Waals surface area (Å²) in [5.41, 5.74) is 2.92. The van der Waals surface area contributed by atoms with Crippen LogP contribution in [0.1, 0.15) is 22.6 Å². The van der Waals surface area contributed by atoms with Gasteiger partial charge in [-0.2, -0.15) is 0 Å². The lowest BCUT2D eigenvalue weighted by Crippen LogP contribution is -2.19. The molecule has 0 aliphatic heterocycles. The topological polar surface area (TPSA) is 86.5 Å². The Labute approximate surface area is 170 Å². The number of hydrogen-bond donors (Lipinski definition) is 0. The van der Waals surface area contributed by atoms with E-state index in [1.807, 2.05) is 31.2 Å². The molecule has 0 fully saturated rings. The van der Waals surface area contributed by atoms with Crippen molar-refractivity contribution in [1.29, 1.82) is 0 Å². The molecule has 2 aromatic carbocycles. The van der Waals surface area contributed by atoms with E-state index in [0.717, 1.165) is 11.1 Å². The van der Waals surface area contributed by atoms with Crippen molar-refractivity contribution < 1.29 is 22.4 Å². The number of Topliss-reactive ketones (excluding diaryl/α,β-unsaturated/α-hetero) is 1. The summed E-state index contributed by atoms with van der Waals surface area (Å²) in [5, 5.41) is 0. The van der Waals surface area contributed by atoms with Gasteiger partial charge in [0.2, 0.25) is 5.89 Å². The lowest BCUT2D eigenvalue weighted by molar-refractivity contribution is -0.116. The maximum absolute atomic E-state index is 12.5. The molecule has 3 rings (SSSR count). The average Bonchev–Trinajstić information content (AvgIpc) is 3.01. The number of rotatable bonds is 8. The van der Waals surface area contributed by atoms with E-state index in [0.29, 0.717) is 28.7 Å². The molecule has 0 unspecified atom stereocenters. The highest BCUT2D eigenvalue weighted by Gasteiger charge is 2.22. The fourth-order valence-electron chi connectivity index (χ4n) is 2.95. The van der Waals surface area contributed by atoms with Gasteiger partial charge in [-0.25, -0.2) is 13.4 Å². The van der Waals surface area contributed by atoms with Crippen LogP contribution in [0.25, 0.3) is 11.5 Å². The number of ether oxygens (including phenoxy) is 1. The second-order valence-electron chi connectivity index (χ2n) is 6.99. The lowest BCUT2D eigenvalue weighted by atomic mass is 10.1. The van der Waals surface area contributed by atoms with E-state index < -0.39 is 15.6 Å². The van der Waals surface area contributed by atoms with Crippen molar-refractivity contribution in [3.63, 3.8) is 0 Å². The Kier molecular flexibility index (Phi) is 6.17. The van der Waals surface area contributed by atoms with Crippen LogP contribution in [-0.4, -0.2) is 32.0 Å². The first-order valence-corrected chi connectivity index (χ1v) is 11.0. The second kappa shape index (κ2) is 8.61. The van der Waals surface area contributed by atoms with Crippen LogP contribution in [0.15, 0.2) is 52.9 Å². The minimum atomic E-state index is -3.67. The zero-order valence-corrected chi connectivity index (χ0v) is 17.5. The van der Waals surface area contributed by atoms with E-state index in [1.165, 1.54) is 7.11 Å². The summed E-state index contributed by atoms with van der Waals surface area (Å²) in [5.74, 6) is 0.173. The predicted molar refractivity (Wildman–Crippen MR) is 111 cm³/mol. The molecule has 0 spiro atoms. The summed E-state index contributed by atoms with van der Waals surface area (Å²) in [6.07, 6.45) is 0.0306. The summed E-state index contributed by atoms with van der Waals surface area (Å²) in [6, 6.07) is 14.6. The Morgan fingerprint density at radius 2 is 1.83 bits per heavy atom. The van der Waals surface area contributed by atoms with Gasteiger partial charge in [-0.3, -0.25) is 4.79 Å². The molecule has 0 aliphatic carbocycles. The van der Waals surface area contributed by atoms with Gasteiger partial charge in [-0.05, 0) is 43.7 Å². The van der Waals surface area contributed by atoms with E-state index in [1.54, 1.807) is 31.2 Å². The van der Waals surface area contributed by atoms with Crippen molar-refractivity contribution >= 4 is 15.6 Å². The molecule has 0 amide bonds. The molecule has 1 heterocycles. The molecule has 0 saturated carbocycles. The Bertz CT molecular complexity index is 1110. The summed E-state index contributed by atoms with van der Waals surface area (Å²) >= 11 is 0. The number of ketones is 1. The van der Waals surface area contributed by atoms with Crippen LogP contribution in [0, 0.1) is 13.8 Å². The van der Waals surface area contributed by atoms with Gasteiger partial charge in [0.1, 0.15) is 17.3 Å². The lowest BCUT2D eigenvalue weighted by Gasteiger charge is -2.05. The maximum Gasteiger partial charge on any atom is 0.226 e. The van der Waals surface area contributed by atoms with Gasteiger partial charge in [-0.1, -0.05) is 29.8 Å². The number of sulfone groups is 1. The van der Waals surface area contributed by atoms with E-state index in [4.69, 9.17) is 9.15 Å². The van der Waals surface area contributed by atoms with Crippen LogP contribution in [0.5, 0.6) is 5.75 Å². The van der Waals surface area contributed by atoms with Crippen molar-refractivity contribution in [2.24, 2.45) is 0 Å². The summed E-state index contributed by atoms with van der Waals surface area (Å²) in [7, 11) is -2.13. The van der Waals surface area contributed by atoms with Crippen LogP contribution in [0.2, 0.25) is 0 Å². The summed E-state index contributed by atoms with van der Waals surface area (Å²) < 4.78 is 35.8. The fraction of sp³-hybridized carbons (Fsp3) is 0.273. The van der Waals surface area contributed by atoms with Crippen LogP contribution in [-0.2, 0) is 26.8 Å². The van der Waals surface area contributed by atoms with E-state index in [-0.39, 0.29) is 18.0 Å². The van der Waals surface area contributed by atoms with Crippen LogP contribution >= 0.6 is 0 Å². The molecular weight excluding hydrogens is 390 g/mol. The fourth-order valence-corrected chi connectivity index (χ4v) is 4.33. The number of aromatic nitrogens is 1. The third kappa shape index (κ3) is 5.54. The standard InChI is InChI=1S/C22H23NO5S/c1-15-7-9-18(10-8-15)22-23-21(16(2)28-22)14-29(25,26)13-19(24)11-17-5-4-6-20(12-17)27-3/h4-10,12H,11,13-14H2,1-3H3.